The van der Waals surface area contributed by atoms with E-state index in [9.17, 15) is 19.5 Å². The first kappa shape index (κ1) is 21.8. The number of amides is 1. The quantitative estimate of drug-likeness (QED) is 0.438. The highest BCUT2D eigenvalue weighted by atomic mass is 16.5. The molecule has 0 saturated carbocycles. The highest BCUT2D eigenvalue weighted by molar-refractivity contribution is 6.14. The van der Waals surface area contributed by atoms with Gasteiger partial charge in [0, 0.05) is 18.9 Å². The number of aliphatic hydroxyl groups excluding tert-OH is 1. The molecule has 0 radical (unpaired) electrons. The zero-order valence-electron chi connectivity index (χ0n) is 17.7. The van der Waals surface area contributed by atoms with Gasteiger partial charge in [0.1, 0.15) is 5.76 Å². The van der Waals surface area contributed by atoms with Crippen LogP contribution < -0.4 is 0 Å². The number of carbonyl (C=O) groups is 3. The summed E-state index contributed by atoms with van der Waals surface area (Å²) in [6.07, 6.45) is 7.41. The molecule has 1 aliphatic heterocycles. The molecule has 1 aliphatic rings. The summed E-state index contributed by atoms with van der Waals surface area (Å²) >= 11 is 0. The number of benzene rings is 1. The highest BCUT2D eigenvalue weighted by Crippen LogP contribution is 2.39. The molecule has 0 aliphatic carbocycles. The lowest BCUT2D eigenvalue weighted by Crippen LogP contribution is -2.30. The van der Waals surface area contributed by atoms with Gasteiger partial charge in [-0.3, -0.25) is 14.6 Å². The van der Waals surface area contributed by atoms with Crippen LogP contribution in [0.25, 0.3) is 6.08 Å². The second-order valence-electron chi connectivity index (χ2n) is 7.29. The van der Waals surface area contributed by atoms with Gasteiger partial charge >= 0.3 is 5.97 Å². The molecule has 1 atom stereocenters. The first-order valence-corrected chi connectivity index (χ1v) is 10.1. The minimum atomic E-state index is -0.863. The standard InChI is InChI=1S/C25H20N2O6/c1-32-25(31)18-8-6-17(7-9-18)22-21(20(28)11-10-19-5-3-13-33-19)23(29)24(30)27(22)15-16-4-2-12-26-14-16/h2-14,22,29H,15H2,1H3. The molecule has 4 rings (SSSR count). The van der Waals surface area contributed by atoms with E-state index < -0.39 is 29.5 Å². The Bertz CT molecular complexity index is 1230. The van der Waals surface area contributed by atoms with Gasteiger partial charge in [-0.15, -0.1) is 0 Å². The van der Waals surface area contributed by atoms with Crippen molar-refractivity contribution in [3.63, 3.8) is 0 Å². The molecular weight excluding hydrogens is 424 g/mol. The van der Waals surface area contributed by atoms with Gasteiger partial charge in [0.2, 0.25) is 0 Å². The maximum atomic E-state index is 13.1. The second-order valence-corrected chi connectivity index (χ2v) is 7.29. The molecule has 33 heavy (non-hydrogen) atoms. The zero-order valence-corrected chi connectivity index (χ0v) is 17.7. The maximum Gasteiger partial charge on any atom is 0.337 e. The van der Waals surface area contributed by atoms with Crippen LogP contribution in [0.2, 0.25) is 0 Å². The monoisotopic (exact) mass is 444 g/mol. The molecule has 0 bridgehead atoms. The summed E-state index contributed by atoms with van der Waals surface area (Å²) in [5.74, 6) is -1.87. The number of hydrogen-bond donors (Lipinski definition) is 1. The fourth-order valence-corrected chi connectivity index (χ4v) is 3.66. The smallest absolute Gasteiger partial charge is 0.337 e. The minimum absolute atomic E-state index is 0.0579. The number of esters is 1. The third-order valence-corrected chi connectivity index (χ3v) is 5.23. The van der Waals surface area contributed by atoms with Crippen molar-refractivity contribution >= 4 is 23.7 Å². The van der Waals surface area contributed by atoms with Crippen LogP contribution >= 0.6 is 0 Å². The Kier molecular flexibility index (Phi) is 6.17. The van der Waals surface area contributed by atoms with Crippen LogP contribution in [0, 0.1) is 0 Å². The first-order chi connectivity index (χ1) is 16.0. The third kappa shape index (κ3) is 4.45. The minimum Gasteiger partial charge on any atom is -0.503 e. The van der Waals surface area contributed by atoms with Gasteiger partial charge in [0.15, 0.2) is 11.5 Å². The van der Waals surface area contributed by atoms with Crippen molar-refractivity contribution in [2.45, 2.75) is 12.6 Å². The van der Waals surface area contributed by atoms with Gasteiger partial charge in [-0.25, -0.2) is 4.79 Å². The molecule has 0 fully saturated rings. The van der Waals surface area contributed by atoms with Gasteiger partial charge in [0.05, 0.1) is 30.6 Å². The van der Waals surface area contributed by atoms with Gasteiger partial charge < -0.3 is 19.2 Å². The van der Waals surface area contributed by atoms with Crippen molar-refractivity contribution in [1.29, 1.82) is 0 Å². The summed E-state index contributed by atoms with van der Waals surface area (Å²) in [6, 6.07) is 12.4. The predicted octanol–water partition coefficient (Wildman–Crippen LogP) is 3.64. The molecule has 1 aromatic carbocycles. The Morgan fingerprint density at radius 3 is 2.61 bits per heavy atom. The van der Waals surface area contributed by atoms with E-state index in [0.29, 0.717) is 16.9 Å². The van der Waals surface area contributed by atoms with Crippen LogP contribution in [0.4, 0.5) is 0 Å². The van der Waals surface area contributed by atoms with E-state index in [1.54, 1.807) is 60.9 Å². The Balaban J connectivity index is 1.73. The van der Waals surface area contributed by atoms with E-state index in [0.717, 1.165) is 5.56 Å². The summed E-state index contributed by atoms with van der Waals surface area (Å²) in [6.45, 7) is 0.124. The summed E-state index contributed by atoms with van der Waals surface area (Å²) in [5.41, 5.74) is 1.55. The third-order valence-electron chi connectivity index (χ3n) is 5.23. The number of pyridine rings is 1. The number of nitrogens with zero attached hydrogens (tertiary/aromatic N) is 2. The topological polar surface area (TPSA) is 110 Å². The lowest BCUT2D eigenvalue weighted by atomic mass is 9.94. The molecule has 8 nitrogen and oxygen atoms in total. The predicted molar refractivity (Wildman–Crippen MR) is 118 cm³/mol. The number of carbonyl (C=O) groups excluding carboxylic acids is 3. The average molecular weight is 444 g/mol. The molecular formula is C25H20N2O6. The molecule has 1 amide bonds. The Labute approximate surface area is 189 Å². The number of ether oxygens (including phenoxy) is 1. The fraction of sp³-hybridized carbons (Fsp3) is 0.120. The highest BCUT2D eigenvalue weighted by Gasteiger charge is 2.42. The number of methoxy groups -OCH3 is 1. The lowest BCUT2D eigenvalue weighted by molar-refractivity contribution is -0.130. The molecule has 1 unspecified atom stereocenters. The van der Waals surface area contributed by atoms with Crippen molar-refractivity contribution in [2.75, 3.05) is 7.11 Å². The van der Waals surface area contributed by atoms with Crippen molar-refractivity contribution in [3.05, 3.63) is 107 Å². The van der Waals surface area contributed by atoms with Gasteiger partial charge in [-0.2, -0.15) is 0 Å². The van der Waals surface area contributed by atoms with Crippen LogP contribution in [0.1, 0.15) is 33.3 Å². The zero-order chi connectivity index (χ0) is 23.4. The van der Waals surface area contributed by atoms with E-state index in [1.165, 1.54) is 30.4 Å². The number of aliphatic hydroxyl groups is 1. The summed E-state index contributed by atoms with van der Waals surface area (Å²) in [5, 5.41) is 10.7. The number of ketones is 1. The number of rotatable bonds is 7. The summed E-state index contributed by atoms with van der Waals surface area (Å²) in [7, 11) is 1.28. The molecule has 3 heterocycles. The molecule has 8 heteroatoms. The number of aromatic nitrogens is 1. The van der Waals surface area contributed by atoms with Crippen LogP contribution in [-0.2, 0) is 20.9 Å². The second kappa shape index (κ2) is 9.35. The lowest BCUT2D eigenvalue weighted by Gasteiger charge is -2.26. The van der Waals surface area contributed by atoms with Crippen LogP contribution in [-0.4, -0.2) is 39.8 Å². The molecule has 166 valence electrons. The van der Waals surface area contributed by atoms with Crippen molar-refractivity contribution in [1.82, 2.24) is 9.88 Å². The summed E-state index contributed by atoms with van der Waals surface area (Å²) in [4.78, 5) is 43.4. The Hall–Kier alpha value is -4.46. The molecule has 2 aromatic heterocycles. The van der Waals surface area contributed by atoms with Crippen LogP contribution in [0.15, 0.2) is 89.0 Å². The largest absolute Gasteiger partial charge is 0.503 e. The van der Waals surface area contributed by atoms with Gasteiger partial charge in [-0.1, -0.05) is 18.2 Å². The average Bonchev–Trinajstić information content (AvgIpc) is 3.45. The number of allylic oxidation sites excluding steroid dienone is 1. The van der Waals surface area contributed by atoms with E-state index in [1.807, 2.05) is 0 Å². The van der Waals surface area contributed by atoms with E-state index in [-0.39, 0.29) is 12.1 Å². The van der Waals surface area contributed by atoms with E-state index >= 15 is 0 Å². The normalized spacial score (nSPS) is 16.0. The molecule has 0 spiro atoms. The fourth-order valence-electron chi connectivity index (χ4n) is 3.66. The van der Waals surface area contributed by atoms with Crippen molar-refractivity contribution in [2.24, 2.45) is 0 Å². The van der Waals surface area contributed by atoms with Crippen LogP contribution in [0.3, 0.4) is 0 Å². The van der Waals surface area contributed by atoms with E-state index in [4.69, 9.17) is 9.15 Å². The number of hydrogen-bond acceptors (Lipinski definition) is 7. The molecule has 0 saturated heterocycles. The van der Waals surface area contributed by atoms with Crippen molar-refractivity contribution in [3.8, 4) is 0 Å². The molecule has 3 aromatic rings. The first-order valence-electron chi connectivity index (χ1n) is 10.1. The SMILES string of the molecule is COC(=O)c1ccc(C2C(C(=O)C=Cc3ccco3)=C(O)C(=O)N2Cc2cccnc2)cc1. The van der Waals surface area contributed by atoms with Crippen LogP contribution in [0.5, 0.6) is 0 Å². The summed E-state index contributed by atoms with van der Waals surface area (Å²) < 4.78 is 9.94. The Morgan fingerprint density at radius 1 is 1.18 bits per heavy atom. The Morgan fingerprint density at radius 2 is 1.97 bits per heavy atom. The number of furan rings is 1. The maximum absolute atomic E-state index is 13.1. The van der Waals surface area contributed by atoms with Gasteiger partial charge in [-0.05, 0) is 53.6 Å². The van der Waals surface area contributed by atoms with E-state index in [2.05, 4.69) is 4.98 Å². The van der Waals surface area contributed by atoms with Crippen molar-refractivity contribution < 1.29 is 28.6 Å². The van der Waals surface area contributed by atoms with Gasteiger partial charge in [0.25, 0.3) is 5.91 Å². The molecule has 1 N–H and O–H groups in total.